The summed E-state index contributed by atoms with van der Waals surface area (Å²) in [5.74, 6) is -5.82. The number of allylic oxidation sites excluding steroid dienone is 1. The number of nitrogens with one attached hydrogen (secondary N) is 2. The van der Waals surface area contributed by atoms with Crippen molar-refractivity contribution in [2.75, 3.05) is 11.1 Å². The maximum atomic E-state index is 14.6. The quantitative estimate of drug-likeness (QED) is 0.247. The lowest BCUT2D eigenvalue weighted by atomic mass is 9.70. The second-order valence-electron chi connectivity index (χ2n) is 8.86. The maximum absolute atomic E-state index is 14.6. The molecule has 0 fully saturated rings. The molecule has 3 atom stereocenters. The number of carbonyl (C=O) groups is 2. The van der Waals surface area contributed by atoms with Crippen molar-refractivity contribution in [2.45, 2.75) is 24.7 Å². The zero-order chi connectivity index (χ0) is 29.2. The monoisotopic (exact) mass is 625 g/mol. The van der Waals surface area contributed by atoms with Crippen LogP contribution in [0.4, 0.5) is 18.9 Å². The molecule has 1 aromatic heterocycles. The van der Waals surface area contributed by atoms with Gasteiger partial charge in [0.25, 0.3) is 0 Å². The van der Waals surface area contributed by atoms with E-state index in [2.05, 4.69) is 5.32 Å². The van der Waals surface area contributed by atoms with Crippen LogP contribution in [0.2, 0.25) is 10.0 Å². The lowest BCUT2D eigenvalue weighted by Crippen LogP contribution is -2.66. The predicted molar refractivity (Wildman–Crippen MR) is 150 cm³/mol. The molecule has 0 radical (unpaired) electrons. The smallest absolute Gasteiger partial charge is 0.363 e. The largest absolute Gasteiger partial charge is 0.437 e. The lowest BCUT2D eigenvalue weighted by molar-refractivity contribution is -0.285. The highest BCUT2D eigenvalue weighted by atomic mass is 35.5. The van der Waals surface area contributed by atoms with E-state index in [9.17, 15) is 33.1 Å². The molecule has 13 heteroatoms. The molecule has 1 aliphatic heterocycles. The first-order valence-corrected chi connectivity index (χ1v) is 14.2. The predicted octanol–water partition coefficient (Wildman–Crippen LogP) is 6.91. The van der Waals surface area contributed by atoms with Gasteiger partial charge in [0.05, 0.1) is 33.2 Å². The Hall–Kier alpha value is -3.01. The number of alkyl halides is 3. The first-order valence-electron chi connectivity index (χ1n) is 11.6. The molecule has 208 valence electrons. The number of hydrogen-bond acceptors (Lipinski definition) is 7. The molecule has 6 nitrogen and oxygen atoms in total. The summed E-state index contributed by atoms with van der Waals surface area (Å²) in [5.41, 5.74) is -2.85. The number of nitriles is 1. The van der Waals surface area contributed by atoms with Crippen LogP contribution in [0.1, 0.15) is 26.7 Å². The zero-order valence-electron chi connectivity index (χ0n) is 20.6. The average molecular weight is 627 g/mol. The van der Waals surface area contributed by atoms with Gasteiger partial charge in [0.1, 0.15) is 0 Å². The van der Waals surface area contributed by atoms with Gasteiger partial charge in [-0.3, -0.25) is 9.59 Å². The molecule has 1 amide bonds. The molecule has 4 rings (SSSR count). The van der Waals surface area contributed by atoms with Crippen LogP contribution in [0.15, 0.2) is 70.6 Å². The van der Waals surface area contributed by atoms with Crippen LogP contribution in [0.25, 0.3) is 0 Å². The van der Waals surface area contributed by atoms with Crippen LogP contribution in [0.5, 0.6) is 0 Å². The summed E-state index contributed by atoms with van der Waals surface area (Å²) in [7, 11) is 0. The van der Waals surface area contributed by atoms with E-state index >= 15 is 0 Å². The molecule has 0 bridgehead atoms. The number of aliphatic hydroxyl groups is 1. The van der Waals surface area contributed by atoms with E-state index in [-0.39, 0.29) is 21.0 Å². The number of ketones is 1. The average Bonchev–Trinajstić information content (AvgIpc) is 3.44. The minimum Gasteiger partial charge on any atom is -0.363 e. The highest BCUT2D eigenvalue weighted by Gasteiger charge is 2.66. The third-order valence-electron chi connectivity index (χ3n) is 6.29. The van der Waals surface area contributed by atoms with E-state index in [4.69, 9.17) is 23.2 Å². The number of thioether (sulfide) groups is 1. The summed E-state index contributed by atoms with van der Waals surface area (Å²) in [5, 5.41) is 27.5. The summed E-state index contributed by atoms with van der Waals surface area (Å²) < 4.78 is 43.9. The third-order valence-corrected chi connectivity index (χ3v) is 8.94. The maximum Gasteiger partial charge on any atom is 0.437 e. The molecule has 0 aliphatic carbocycles. The first-order chi connectivity index (χ1) is 18.9. The number of hydrogen-bond donors (Lipinski definition) is 3. The summed E-state index contributed by atoms with van der Waals surface area (Å²) in [4.78, 5) is 26.2. The molecule has 2 aromatic carbocycles. The highest BCUT2D eigenvalue weighted by molar-refractivity contribution is 8.03. The van der Waals surface area contributed by atoms with Gasteiger partial charge >= 0.3 is 6.18 Å². The fraction of sp³-hybridized carbons (Fsp3) is 0.222. The van der Waals surface area contributed by atoms with Crippen LogP contribution in [0, 0.1) is 24.2 Å². The van der Waals surface area contributed by atoms with Gasteiger partial charge in [0, 0.05) is 21.7 Å². The fourth-order valence-corrected chi connectivity index (χ4v) is 6.37. The van der Waals surface area contributed by atoms with Crippen molar-refractivity contribution in [3.8, 4) is 6.07 Å². The van der Waals surface area contributed by atoms with Crippen LogP contribution < -0.4 is 10.6 Å². The minimum atomic E-state index is -5.36. The fourth-order valence-electron chi connectivity index (χ4n) is 4.33. The molecule has 3 N–H and O–H groups in total. The van der Waals surface area contributed by atoms with Crippen molar-refractivity contribution in [3.63, 3.8) is 0 Å². The molecular formula is C27H20Cl2F3N3O3S2. The number of thiophene rings is 1. The number of halogens is 5. The van der Waals surface area contributed by atoms with Crippen molar-refractivity contribution in [1.82, 2.24) is 5.32 Å². The van der Waals surface area contributed by atoms with Crippen molar-refractivity contribution >= 4 is 63.7 Å². The van der Waals surface area contributed by atoms with E-state index in [0.717, 1.165) is 16.9 Å². The van der Waals surface area contributed by atoms with Crippen LogP contribution in [-0.2, 0) is 4.79 Å². The molecule has 0 saturated heterocycles. The number of Topliss-reactive ketones (excluding diaryl/α,β-unsaturated/α-hetero) is 1. The second kappa shape index (κ2) is 11.8. The summed E-state index contributed by atoms with van der Waals surface area (Å²) in [6, 6.07) is 15.4. The van der Waals surface area contributed by atoms with Gasteiger partial charge in [-0.05, 0) is 47.7 Å². The molecule has 2 heterocycles. The van der Waals surface area contributed by atoms with Gasteiger partial charge in [0.2, 0.25) is 11.6 Å². The number of rotatable bonds is 7. The first kappa shape index (κ1) is 30.0. The molecule has 3 aromatic rings. The number of aryl methyl sites for hydroxylation is 1. The van der Waals surface area contributed by atoms with Crippen molar-refractivity contribution in [3.05, 3.63) is 96.6 Å². The molecule has 1 aliphatic rings. The number of amides is 1. The summed E-state index contributed by atoms with van der Waals surface area (Å²) >= 11 is 14.0. The van der Waals surface area contributed by atoms with Crippen LogP contribution >= 0.6 is 46.3 Å². The Morgan fingerprint density at radius 1 is 1.18 bits per heavy atom. The second-order valence-corrected chi connectivity index (χ2v) is 11.6. The lowest BCUT2D eigenvalue weighted by Gasteiger charge is -2.45. The number of nitrogens with zero attached hydrogens (tertiary/aromatic N) is 1. The zero-order valence-corrected chi connectivity index (χ0v) is 23.7. The van der Waals surface area contributed by atoms with Crippen molar-refractivity contribution in [1.29, 1.82) is 5.26 Å². The number of carbonyl (C=O) groups excluding carboxylic acids is 2. The van der Waals surface area contributed by atoms with E-state index < -0.39 is 46.2 Å². The van der Waals surface area contributed by atoms with Crippen molar-refractivity contribution < 1.29 is 27.9 Å². The molecule has 0 saturated carbocycles. The van der Waals surface area contributed by atoms with E-state index in [0.29, 0.717) is 22.5 Å². The highest BCUT2D eigenvalue weighted by Crippen LogP contribution is 2.52. The van der Waals surface area contributed by atoms with Crippen LogP contribution in [-0.4, -0.2) is 34.5 Å². The molecule has 0 unspecified atom stereocenters. The van der Waals surface area contributed by atoms with E-state index in [1.54, 1.807) is 25.1 Å². The standard InChI is InChI=1S/C27H20Cl2F3N3O3S2/c1-14-8-9-15(11-19(14)29)34-21(36)13-40-25-17(12-33)22(16-5-2-3-6-18(16)28)23(24(37)20-7-4-10-39-20)26(38,35-25)27(30,31)32/h2-11,22-23,35,38H,13H2,1H3,(H,34,36)/t22-,23+,26+/m0/s1. The Kier molecular flexibility index (Phi) is 8.87. The van der Waals surface area contributed by atoms with Crippen molar-refractivity contribution in [2.24, 2.45) is 5.92 Å². The Morgan fingerprint density at radius 2 is 1.90 bits per heavy atom. The van der Waals surface area contributed by atoms with Gasteiger partial charge in [-0.15, -0.1) is 11.3 Å². The number of anilines is 1. The van der Waals surface area contributed by atoms with Gasteiger partial charge in [-0.25, -0.2) is 0 Å². The normalized spacial score (nSPS) is 20.9. The van der Waals surface area contributed by atoms with Gasteiger partial charge < -0.3 is 15.7 Å². The van der Waals surface area contributed by atoms with Gasteiger partial charge in [-0.2, -0.15) is 18.4 Å². The van der Waals surface area contributed by atoms with E-state index in [1.807, 2.05) is 11.4 Å². The Bertz CT molecular complexity index is 1520. The van der Waals surface area contributed by atoms with Gasteiger partial charge in [-0.1, -0.05) is 65.3 Å². The minimum absolute atomic E-state index is 0.00833. The summed E-state index contributed by atoms with van der Waals surface area (Å²) in [6.07, 6.45) is -5.36. The molecular weight excluding hydrogens is 606 g/mol. The topological polar surface area (TPSA) is 102 Å². The molecule has 40 heavy (non-hydrogen) atoms. The van der Waals surface area contributed by atoms with Gasteiger partial charge in [0.15, 0.2) is 5.78 Å². The Morgan fingerprint density at radius 3 is 2.50 bits per heavy atom. The van der Waals surface area contributed by atoms with Crippen LogP contribution in [0.3, 0.4) is 0 Å². The SMILES string of the molecule is Cc1ccc(NC(=O)CSC2=C(C#N)[C@H](c3ccccc3Cl)[C@H](C(=O)c3cccs3)[C@@](O)(C(F)(F)F)N2)cc1Cl. The van der Waals surface area contributed by atoms with E-state index in [1.165, 1.54) is 41.8 Å². The third kappa shape index (κ3) is 5.87. The molecule has 0 spiro atoms. The summed E-state index contributed by atoms with van der Waals surface area (Å²) in [6.45, 7) is 1.78. The Balaban J connectivity index is 1.78. The Labute approximate surface area is 245 Å². The number of benzene rings is 2.